The zero-order valence-electron chi connectivity index (χ0n) is 16.9. The van der Waals surface area contributed by atoms with Gasteiger partial charge in [0, 0.05) is 5.41 Å². The third-order valence-electron chi connectivity index (χ3n) is 10.2. The van der Waals surface area contributed by atoms with E-state index in [9.17, 15) is 15.3 Å². The van der Waals surface area contributed by atoms with Gasteiger partial charge in [-0.15, -0.1) is 0 Å². The maximum Gasteiger partial charge on any atom is 0.0961 e. The summed E-state index contributed by atoms with van der Waals surface area (Å²) in [5.41, 5.74) is -0.977. The second kappa shape index (κ2) is 5.81. The van der Waals surface area contributed by atoms with Crippen molar-refractivity contribution in [3.63, 3.8) is 0 Å². The Labute approximate surface area is 163 Å². The molecule has 152 valence electrons. The summed E-state index contributed by atoms with van der Waals surface area (Å²) in [6.45, 7) is 5.67. The topological polar surface area (TPSA) is 69.9 Å². The summed E-state index contributed by atoms with van der Waals surface area (Å²) in [7, 11) is 0. The van der Waals surface area contributed by atoms with Gasteiger partial charge in [0.05, 0.1) is 30.5 Å². The number of rotatable bonds is 1. The Morgan fingerprint density at radius 1 is 0.963 bits per heavy atom. The third kappa shape index (κ3) is 2.19. The van der Waals surface area contributed by atoms with Gasteiger partial charge in [-0.25, -0.2) is 0 Å². The van der Waals surface area contributed by atoms with Crippen LogP contribution in [0.25, 0.3) is 0 Å². The van der Waals surface area contributed by atoms with Crippen LogP contribution in [0.1, 0.15) is 71.6 Å². The predicted molar refractivity (Wildman–Crippen MR) is 103 cm³/mol. The van der Waals surface area contributed by atoms with E-state index in [2.05, 4.69) is 13.8 Å². The molecular weight excluding hydrogens is 340 g/mol. The van der Waals surface area contributed by atoms with Gasteiger partial charge in [-0.2, -0.15) is 0 Å². The fourth-order valence-corrected chi connectivity index (χ4v) is 8.41. The first-order chi connectivity index (χ1) is 12.7. The van der Waals surface area contributed by atoms with E-state index in [0.29, 0.717) is 37.9 Å². The molecule has 0 aromatic heterocycles. The monoisotopic (exact) mass is 376 g/mol. The second-order valence-electron chi connectivity index (χ2n) is 10.8. The third-order valence-corrected chi connectivity index (χ3v) is 10.2. The summed E-state index contributed by atoms with van der Waals surface area (Å²) in [6.07, 6.45) is 10.3. The molecule has 1 aliphatic heterocycles. The quantitative estimate of drug-likeness (QED) is 0.615. The Balaban J connectivity index is 1.50. The molecule has 1 heterocycles. The fraction of sp³-hybridized carbons (Fsp3) is 0.913. The summed E-state index contributed by atoms with van der Waals surface area (Å²) < 4.78 is 5.54. The molecule has 4 saturated carbocycles. The van der Waals surface area contributed by atoms with Crippen molar-refractivity contribution in [3.8, 4) is 0 Å². The number of fused-ring (bicyclic) bond motifs is 5. The second-order valence-corrected chi connectivity index (χ2v) is 10.8. The summed E-state index contributed by atoms with van der Waals surface area (Å²) >= 11 is 0. The fourth-order valence-electron chi connectivity index (χ4n) is 8.41. The highest BCUT2D eigenvalue weighted by molar-refractivity contribution is 5.33. The average molecular weight is 377 g/mol. The van der Waals surface area contributed by atoms with Gasteiger partial charge in [-0.1, -0.05) is 19.9 Å². The van der Waals surface area contributed by atoms with E-state index in [-0.39, 0.29) is 17.4 Å². The minimum Gasteiger partial charge on any atom is -0.393 e. The molecule has 0 unspecified atom stereocenters. The minimum atomic E-state index is -0.927. The lowest BCUT2D eigenvalue weighted by Gasteiger charge is -2.64. The molecule has 3 N–H and O–H groups in total. The van der Waals surface area contributed by atoms with E-state index in [0.717, 1.165) is 50.5 Å². The van der Waals surface area contributed by atoms with Crippen LogP contribution in [-0.2, 0) is 4.74 Å². The molecule has 0 amide bonds. The number of hydrogen-bond donors (Lipinski definition) is 3. The van der Waals surface area contributed by atoms with Crippen molar-refractivity contribution in [2.75, 3.05) is 13.2 Å². The lowest BCUT2D eigenvalue weighted by atomic mass is 9.42. The highest BCUT2D eigenvalue weighted by atomic mass is 16.5. The average Bonchev–Trinajstić information content (AvgIpc) is 3.24. The van der Waals surface area contributed by atoms with Gasteiger partial charge in [0.2, 0.25) is 0 Å². The summed E-state index contributed by atoms with van der Waals surface area (Å²) in [5, 5.41) is 34.1. The Hall–Kier alpha value is -0.420. The Morgan fingerprint density at radius 2 is 1.78 bits per heavy atom. The van der Waals surface area contributed by atoms with Crippen LogP contribution in [0.3, 0.4) is 0 Å². The number of aliphatic hydroxyl groups excluding tert-OH is 1. The summed E-state index contributed by atoms with van der Waals surface area (Å²) in [4.78, 5) is 0. The Morgan fingerprint density at radius 3 is 2.52 bits per heavy atom. The van der Waals surface area contributed by atoms with E-state index >= 15 is 0 Å². The first-order valence-corrected chi connectivity index (χ1v) is 11.1. The van der Waals surface area contributed by atoms with Crippen LogP contribution in [0.15, 0.2) is 11.6 Å². The minimum absolute atomic E-state index is 0.137. The molecule has 0 bridgehead atoms. The molecule has 0 aromatic carbocycles. The van der Waals surface area contributed by atoms with Crippen LogP contribution >= 0.6 is 0 Å². The van der Waals surface area contributed by atoms with E-state index in [1.807, 2.05) is 6.08 Å². The van der Waals surface area contributed by atoms with E-state index < -0.39 is 16.6 Å². The van der Waals surface area contributed by atoms with Crippen molar-refractivity contribution in [1.82, 2.24) is 0 Å². The standard InChI is InChI=1S/C23H36O4/c1-20-8-5-17(24)13-15(20)3-4-19-18(20)6-9-21(2)22(25,10-11-23(19,21)26)16-7-12-27-14-16/h7,15,17-19,24-26H,3-6,8-14H2,1-2H3/t15-,17+,18+,19-,20+,21-,22+,23+/m1/s1. The van der Waals surface area contributed by atoms with Gasteiger partial charge in [0.25, 0.3) is 0 Å². The molecule has 0 aromatic rings. The highest BCUT2D eigenvalue weighted by Gasteiger charge is 2.72. The van der Waals surface area contributed by atoms with Crippen LogP contribution in [0, 0.1) is 28.6 Å². The summed E-state index contributed by atoms with van der Waals surface area (Å²) in [5.74, 6) is 1.37. The zero-order valence-corrected chi connectivity index (χ0v) is 16.9. The molecule has 0 radical (unpaired) electrons. The van der Waals surface area contributed by atoms with Crippen molar-refractivity contribution in [2.45, 2.75) is 88.9 Å². The van der Waals surface area contributed by atoms with Crippen molar-refractivity contribution in [3.05, 3.63) is 11.6 Å². The summed E-state index contributed by atoms with van der Waals surface area (Å²) in [6, 6.07) is 0. The smallest absolute Gasteiger partial charge is 0.0961 e. The van der Waals surface area contributed by atoms with E-state index in [1.54, 1.807) is 0 Å². The highest BCUT2D eigenvalue weighted by Crippen LogP contribution is 2.70. The van der Waals surface area contributed by atoms with Gasteiger partial charge >= 0.3 is 0 Å². The largest absolute Gasteiger partial charge is 0.393 e. The van der Waals surface area contributed by atoms with Crippen LogP contribution in [0.4, 0.5) is 0 Å². The van der Waals surface area contributed by atoms with Gasteiger partial charge in [-0.3, -0.25) is 0 Å². The van der Waals surface area contributed by atoms with Gasteiger partial charge in [0.15, 0.2) is 0 Å². The molecule has 0 saturated heterocycles. The van der Waals surface area contributed by atoms with E-state index in [1.165, 1.54) is 0 Å². The predicted octanol–water partition coefficient (Wildman–Crippen LogP) is 3.19. The molecule has 4 heteroatoms. The lowest BCUT2D eigenvalue weighted by molar-refractivity contribution is -0.229. The molecule has 27 heavy (non-hydrogen) atoms. The SMILES string of the molecule is C[C@]12CC[C@H](O)C[C@H]1CC[C@@H]1[C@@H]2CC[C@]2(C)[C@@](O)(C3=CCOC3)CC[C@]12O. The molecule has 8 atom stereocenters. The zero-order chi connectivity index (χ0) is 19.1. The molecule has 4 fully saturated rings. The number of hydrogen-bond acceptors (Lipinski definition) is 4. The van der Waals surface area contributed by atoms with Gasteiger partial charge in [-0.05, 0) is 86.5 Å². The molecule has 4 nitrogen and oxygen atoms in total. The Kier molecular flexibility index (Phi) is 4.00. The number of ether oxygens (including phenoxy) is 1. The van der Waals surface area contributed by atoms with Gasteiger partial charge < -0.3 is 20.1 Å². The maximum atomic E-state index is 12.1. The maximum absolute atomic E-state index is 12.1. The van der Waals surface area contributed by atoms with Crippen molar-refractivity contribution >= 4 is 0 Å². The van der Waals surface area contributed by atoms with Crippen molar-refractivity contribution < 1.29 is 20.1 Å². The molecular formula is C23H36O4. The lowest BCUT2D eigenvalue weighted by Crippen LogP contribution is -2.65. The first-order valence-electron chi connectivity index (χ1n) is 11.1. The van der Waals surface area contributed by atoms with Crippen LogP contribution in [-0.4, -0.2) is 45.8 Å². The molecule has 5 rings (SSSR count). The first kappa shape index (κ1) is 18.6. The normalized spacial score (nSPS) is 57.6. The van der Waals surface area contributed by atoms with Crippen LogP contribution in [0.5, 0.6) is 0 Å². The number of aliphatic hydroxyl groups is 3. The van der Waals surface area contributed by atoms with Crippen molar-refractivity contribution in [2.24, 2.45) is 28.6 Å². The molecule has 4 aliphatic carbocycles. The molecule has 0 spiro atoms. The van der Waals surface area contributed by atoms with Gasteiger partial charge in [0.1, 0.15) is 0 Å². The van der Waals surface area contributed by atoms with Crippen LogP contribution in [0.2, 0.25) is 0 Å². The van der Waals surface area contributed by atoms with Crippen molar-refractivity contribution in [1.29, 1.82) is 0 Å². The Bertz CT molecular complexity index is 661. The van der Waals surface area contributed by atoms with Crippen LogP contribution < -0.4 is 0 Å². The van der Waals surface area contributed by atoms with E-state index in [4.69, 9.17) is 4.74 Å². The molecule has 5 aliphatic rings.